The molecule has 26 heavy (non-hydrogen) atoms. The summed E-state index contributed by atoms with van der Waals surface area (Å²) in [4.78, 5) is 12.6. The van der Waals surface area contributed by atoms with Crippen molar-refractivity contribution in [1.82, 2.24) is 0 Å². The second-order valence-electron chi connectivity index (χ2n) is 7.31. The standard InChI is InChI=1S/C24H24O2/c1-2-26-23(25)21-17-24(19-9-5-3-6-10-19,20-11-7-4-8-12-20)22(21)16-15-18-13-14-18/h3-12,18,21-22H,2,13-14,17H2,1H3. The smallest absolute Gasteiger partial charge is 0.310 e. The van der Waals surface area contributed by atoms with Gasteiger partial charge in [0.05, 0.1) is 12.5 Å². The van der Waals surface area contributed by atoms with Crippen molar-refractivity contribution in [2.75, 3.05) is 6.61 Å². The van der Waals surface area contributed by atoms with Crippen molar-refractivity contribution in [3.05, 3.63) is 71.8 Å². The van der Waals surface area contributed by atoms with Gasteiger partial charge in [-0.2, -0.15) is 0 Å². The van der Waals surface area contributed by atoms with E-state index in [4.69, 9.17) is 4.74 Å². The number of hydrogen-bond acceptors (Lipinski definition) is 2. The Balaban J connectivity index is 1.79. The molecule has 2 atom stereocenters. The number of esters is 1. The average Bonchev–Trinajstić information content (AvgIpc) is 3.48. The first-order valence-electron chi connectivity index (χ1n) is 9.54. The third-order valence-electron chi connectivity index (χ3n) is 5.66. The number of benzene rings is 2. The fraction of sp³-hybridized carbons (Fsp3) is 0.375. The number of carbonyl (C=O) groups excluding carboxylic acids is 1. The van der Waals surface area contributed by atoms with Gasteiger partial charge >= 0.3 is 5.97 Å². The molecule has 0 heterocycles. The van der Waals surface area contributed by atoms with Gasteiger partial charge in [-0.25, -0.2) is 0 Å². The van der Waals surface area contributed by atoms with Gasteiger partial charge in [0.2, 0.25) is 0 Å². The van der Waals surface area contributed by atoms with Crippen LogP contribution in [0.3, 0.4) is 0 Å². The molecule has 2 aliphatic rings. The van der Waals surface area contributed by atoms with E-state index in [1.165, 1.54) is 24.0 Å². The Morgan fingerprint density at radius 2 is 1.58 bits per heavy atom. The van der Waals surface area contributed by atoms with Crippen molar-refractivity contribution in [2.24, 2.45) is 17.8 Å². The van der Waals surface area contributed by atoms with Gasteiger partial charge in [0.1, 0.15) is 0 Å². The molecule has 2 saturated carbocycles. The lowest BCUT2D eigenvalue weighted by Gasteiger charge is -2.52. The number of ether oxygens (including phenoxy) is 1. The van der Waals surface area contributed by atoms with E-state index in [0.29, 0.717) is 12.5 Å². The van der Waals surface area contributed by atoms with Crippen LogP contribution in [0.1, 0.15) is 37.3 Å². The van der Waals surface area contributed by atoms with Crippen LogP contribution in [0.15, 0.2) is 60.7 Å². The minimum Gasteiger partial charge on any atom is -0.466 e. The fourth-order valence-corrected chi connectivity index (χ4v) is 4.14. The molecule has 0 N–H and O–H groups in total. The molecule has 2 aromatic rings. The lowest BCUT2D eigenvalue weighted by molar-refractivity contribution is -0.155. The largest absolute Gasteiger partial charge is 0.466 e. The predicted molar refractivity (Wildman–Crippen MR) is 102 cm³/mol. The molecule has 0 aliphatic heterocycles. The first-order chi connectivity index (χ1) is 12.8. The van der Waals surface area contributed by atoms with Gasteiger partial charge in [0.25, 0.3) is 0 Å². The van der Waals surface area contributed by atoms with E-state index in [9.17, 15) is 4.79 Å². The third-order valence-corrected chi connectivity index (χ3v) is 5.66. The molecule has 2 unspecified atom stereocenters. The van der Waals surface area contributed by atoms with Crippen molar-refractivity contribution in [2.45, 2.75) is 31.6 Å². The molecular formula is C24H24O2. The maximum absolute atomic E-state index is 12.6. The van der Waals surface area contributed by atoms with Crippen LogP contribution >= 0.6 is 0 Å². The van der Waals surface area contributed by atoms with E-state index < -0.39 is 0 Å². The van der Waals surface area contributed by atoms with Crippen LogP contribution in [0.5, 0.6) is 0 Å². The molecule has 0 spiro atoms. The summed E-state index contributed by atoms with van der Waals surface area (Å²) in [6.07, 6.45) is 3.13. The van der Waals surface area contributed by atoms with E-state index in [1.54, 1.807) is 0 Å². The average molecular weight is 344 g/mol. The summed E-state index contributed by atoms with van der Waals surface area (Å²) >= 11 is 0. The molecule has 132 valence electrons. The summed E-state index contributed by atoms with van der Waals surface area (Å²) in [5, 5.41) is 0. The molecule has 0 aromatic heterocycles. The first-order valence-corrected chi connectivity index (χ1v) is 9.54. The summed E-state index contributed by atoms with van der Waals surface area (Å²) in [6, 6.07) is 21.0. The number of hydrogen-bond donors (Lipinski definition) is 0. The van der Waals surface area contributed by atoms with Gasteiger partial charge < -0.3 is 4.74 Å². The molecule has 0 radical (unpaired) electrons. The molecule has 0 saturated heterocycles. The Morgan fingerprint density at radius 3 is 2.08 bits per heavy atom. The highest BCUT2D eigenvalue weighted by atomic mass is 16.5. The summed E-state index contributed by atoms with van der Waals surface area (Å²) in [6.45, 7) is 2.28. The summed E-state index contributed by atoms with van der Waals surface area (Å²) < 4.78 is 5.36. The zero-order valence-electron chi connectivity index (χ0n) is 15.2. The van der Waals surface area contributed by atoms with Crippen LogP contribution in [-0.2, 0) is 14.9 Å². The fourth-order valence-electron chi connectivity index (χ4n) is 4.14. The molecule has 2 nitrogen and oxygen atoms in total. The van der Waals surface area contributed by atoms with Gasteiger partial charge in [-0.1, -0.05) is 72.5 Å². The quantitative estimate of drug-likeness (QED) is 0.599. The van der Waals surface area contributed by atoms with E-state index >= 15 is 0 Å². The van der Waals surface area contributed by atoms with Gasteiger partial charge in [-0.05, 0) is 37.3 Å². The normalized spacial score (nSPS) is 23.3. The van der Waals surface area contributed by atoms with E-state index in [1.807, 2.05) is 19.1 Å². The summed E-state index contributed by atoms with van der Waals surface area (Å²) in [5.41, 5.74) is 2.24. The zero-order valence-corrected chi connectivity index (χ0v) is 15.2. The highest BCUT2D eigenvalue weighted by Gasteiger charge is 2.58. The van der Waals surface area contributed by atoms with Gasteiger partial charge in [-0.15, -0.1) is 0 Å². The highest BCUT2D eigenvalue weighted by Crippen LogP contribution is 2.57. The Morgan fingerprint density at radius 1 is 1.00 bits per heavy atom. The van der Waals surface area contributed by atoms with Crippen molar-refractivity contribution >= 4 is 5.97 Å². The molecule has 0 amide bonds. The minimum atomic E-state index is -0.234. The second kappa shape index (κ2) is 7.00. The van der Waals surface area contributed by atoms with Crippen LogP contribution in [0.2, 0.25) is 0 Å². The van der Waals surface area contributed by atoms with Crippen molar-refractivity contribution in [3.63, 3.8) is 0 Å². The number of carbonyl (C=O) groups is 1. The highest BCUT2D eigenvalue weighted by molar-refractivity contribution is 5.77. The maximum atomic E-state index is 12.6. The second-order valence-corrected chi connectivity index (χ2v) is 7.31. The molecular weight excluding hydrogens is 320 g/mol. The van der Waals surface area contributed by atoms with E-state index in [-0.39, 0.29) is 23.2 Å². The minimum absolute atomic E-state index is 0.0352. The first kappa shape index (κ1) is 16.9. The van der Waals surface area contributed by atoms with Crippen molar-refractivity contribution in [3.8, 4) is 11.8 Å². The topological polar surface area (TPSA) is 26.3 Å². The Kier molecular flexibility index (Phi) is 4.55. The van der Waals surface area contributed by atoms with Crippen LogP contribution in [0.25, 0.3) is 0 Å². The molecule has 2 fully saturated rings. The zero-order chi connectivity index (χ0) is 18.0. The maximum Gasteiger partial charge on any atom is 0.310 e. The predicted octanol–water partition coefficient (Wildman–Crippen LogP) is 4.59. The molecule has 2 aliphatic carbocycles. The molecule has 4 rings (SSSR count). The lowest BCUT2D eigenvalue weighted by Crippen LogP contribution is -2.54. The summed E-state index contributed by atoms with van der Waals surface area (Å²) in [7, 11) is 0. The van der Waals surface area contributed by atoms with Crippen LogP contribution < -0.4 is 0 Å². The Labute approximate surface area is 155 Å². The lowest BCUT2D eigenvalue weighted by atomic mass is 9.48. The van der Waals surface area contributed by atoms with E-state index in [2.05, 4.69) is 60.4 Å². The Hall–Kier alpha value is -2.53. The number of rotatable bonds is 4. The van der Waals surface area contributed by atoms with Crippen molar-refractivity contribution < 1.29 is 9.53 Å². The van der Waals surface area contributed by atoms with Crippen LogP contribution in [-0.4, -0.2) is 12.6 Å². The molecule has 0 bridgehead atoms. The van der Waals surface area contributed by atoms with E-state index in [0.717, 1.165) is 6.42 Å². The van der Waals surface area contributed by atoms with Crippen LogP contribution in [0.4, 0.5) is 0 Å². The third kappa shape index (κ3) is 2.92. The Bertz CT molecular complexity index is 785. The molecule has 2 heteroatoms. The molecule has 2 aromatic carbocycles. The SMILES string of the molecule is CCOC(=O)C1CC(c2ccccc2)(c2ccccc2)C1C#CC1CC1. The van der Waals surface area contributed by atoms with Gasteiger partial charge in [0.15, 0.2) is 0 Å². The van der Waals surface area contributed by atoms with Crippen molar-refractivity contribution in [1.29, 1.82) is 0 Å². The summed E-state index contributed by atoms with van der Waals surface area (Å²) in [5.74, 6) is 7.15. The van der Waals surface area contributed by atoms with Crippen LogP contribution in [0, 0.1) is 29.6 Å². The van der Waals surface area contributed by atoms with Gasteiger partial charge in [-0.3, -0.25) is 4.79 Å². The van der Waals surface area contributed by atoms with Gasteiger partial charge in [0, 0.05) is 17.3 Å². The monoisotopic (exact) mass is 344 g/mol.